The number of rotatable bonds is 7. The van der Waals surface area contributed by atoms with Crippen molar-refractivity contribution in [2.24, 2.45) is 0 Å². The lowest BCUT2D eigenvalue weighted by atomic mass is 10.0. The number of amides is 1. The Kier molecular flexibility index (Phi) is 6.68. The molecule has 32 heavy (non-hydrogen) atoms. The van der Waals surface area contributed by atoms with Crippen molar-refractivity contribution < 1.29 is 4.79 Å². The highest BCUT2D eigenvalue weighted by atomic mass is 32.1. The van der Waals surface area contributed by atoms with E-state index in [1.165, 1.54) is 11.1 Å². The topological polar surface area (TPSA) is 36.4 Å². The second-order valence-corrected chi connectivity index (χ2v) is 9.42. The van der Waals surface area contributed by atoms with Crippen molar-refractivity contribution in [1.82, 2.24) is 9.88 Å². The highest BCUT2D eigenvalue weighted by Gasteiger charge is 2.22. The van der Waals surface area contributed by atoms with Gasteiger partial charge in [0, 0.05) is 12.1 Å². The number of thiazole rings is 1. The molecule has 0 saturated carbocycles. The predicted octanol–water partition coefficient (Wildman–Crippen LogP) is 6.18. The van der Waals surface area contributed by atoms with Crippen LogP contribution in [0.4, 0.5) is 5.13 Å². The molecule has 5 heteroatoms. The molecule has 0 fully saturated rings. The number of fused-ring (bicyclic) bond motifs is 1. The van der Waals surface area contributed by atoms with E-state index in [-0.39, 0.29) is 5.91 Å². The highest BCUT2D eigenvalue weighted by Crippen LogP contribution is 2.33. The van der Waals surface area contributed by atoms with Gasteiger partial charge < -0.3 is 4.90 Å². The maximum atomic E-state index is 13.6. The van der Waals surface area contributed by atoms with Crippen LogP contribution in [0.25, 0.3) is 21.3 Å². The molecule has 1 amide bonds. The van der Waals surface area contributed by atoms with Crippen LogP contribution in [-0.2, 0) is 0 Å². The summed E-state index contributed by atoms with van der Waals surface area (Å²) in [5.74, 6) is -0.00296. The average Bonchev–Trinajstić information content (AvgIpc) is 3.24. The van der Waals surface area contributed by atoms with E-state index in [1.54, 1.807) is 11.3 Å². The van der Waals surface area contributed by atoms with Crippen molar-refractivity contribution >= 4 is 32.6 Å². The number of hydrogen-bond donors (Lipinski definition) is 0. The summed E-state index contributed by atoms with van der Waals surface area (Å²) in [5, 5.41) is 0.768. The molecule has 1 aromatic heterocycles. The SMILES string of the molecule is Cc1ccc2sc(N(CCCN(C)C)C(=O)c3ccc(-c4ccccc4)cc3)nc2c1C. The lowest BCUT2D eigenvalue weighted by molar-refractivity contribution is 0.0986. The Morgan fingerprint density at radius 1 is 0.875 bits per heavy atom. The molecule has 0 aliphatic rings. The quantitative estimate of drug-likeness (QED) is 0.342. The van der Waals surface area contributed by atoms with Gasteiger partial charge in [-0.2, -0.15) is 0 Å². The van der Waals surface area contributed by atoms with Gasteiger partial charge in [0.15, 0.2) is 5.13 Å². The Morgan fingerprint density at radius 2 is 1.56 bits per heavy atom. The van der Waals surface area contributed by atoms with Gasteiger partial charge in [-0.25, -0.2) is 4.98 Å². The Labute approximate surface area is 194 Å². The van der Waals surface area contributed by atoms with E-state index in [9.17, 15) is 4.79 Å². The van der Waals surface area contributed by atoms with E-state index in [1.807, 2.05) is 47.4 Å². The molecule has 4 nitrogen and oxygen atoms in total. The van der Waals surface area contributed by atoms with E-state index in [0.29, 0.717) is 12.1 Å². The number of anilines is 1. The van der Waals surface area contributed by atoms with Gasteiger partial charge in [-0.1, -0.05) is 59.9 Å². The normalized spacial score (nSPS) is 11.3. The van der Waals surface area contributed by atoms with Crippen LogP contribution < -0.4 is 4.90 Å². The van der Waals surface area contributed by atoms with Crippen molar-refractivity contribution in [1.29, 1.82) is 0 Å². The number of benzene rings is 3. The monoisotopic (exact) mass is 443 g/mol. The molecule has 164 valence electrons. The molecular weight excluding hydrogens is 414 g/mol. The number of aryl methyl sites for hydroxylation is 2. The van der Waals surface area contributed by atoms with Gasteiger partial charge in [-0.05, 0) is 81.4 Å². The number of carbonyl (C=O) groups excluding carboxylic acids is 1. The van der Waals surface area contributed by atoms with Crippen LogP contribution in [0.3, 0.4) is 0 Å². The average molecular weight is 444 g/mol. The van der Waals surface area contributed by atoms with Gasteiger partial charge >= 0.3 is 0 Å². The van der Waals surface area contributed by atoms with Crippen LogP contribution in [0, 0.1) is 13.8 Å². The fourth-order valence-electron chi connectivity index (χ4n) is 3.75. The van der Waals surface area contributed by atoms with Crippen LogP contribution in [0.2, 0.25) is 0 Å². The van der Waals surface area contributed by atoms with Gasteiger partial charge in [0.25, 0.3) is 5.91 Å². The largest absolute Gasteiger partial charge is 0.309 e. The second-order valence-electron chi connectivity index (χ2n) is 8.41. The molecule has 0 atom stereocenters. The molecule has 0 bridgehead atoms. The number of nitrogens with zero attached hydrogens (tertiary/aromatic N) is 3. The molecule has 4 aromatic rings. The zero-order chi connectivity index (χ0) is 22.7. The standard InChI is InChI=1S/C27H29N3OS/c1-19-11-16-24-25(20(19)2)28-27(32-24)30(18-8-17-29(3)4)26(31)23-14-12-22(13-15-23)21-9-6-5-7-10-21/h5-7,9-16H,8,17-18H2,1-4H3. The molecule has 4 rings (SSSR count). The number of aromatic nitrogens is 1. The first-order valence-electron chi connectivity index (χ1n) is 10.9. The molecule has 1 heterocycles. The van der Waals surface area contributed by atoms with Gasteiger partial charge in [0.1, 0.15) is 0 Å². The van der Waals surface area contributed by atoms with E-state index in [2.05, 4.69) is 57.1 Å². The number of carbonyl (C=O) groups is 1. The van der Waals surface area contributed by atoms with E-state index >= 15 is 0 Å². The molecule has 3 aromatic carbocycles. The summed E-state index contributed by atoms with van der Waals surface area (Å²) in [4.78, 5) is 22.5. The lowest BCUT2D eigenvalue weighted by Gasteiger charge is -2.21. The Hall–Kier alpha value is -3.02. The van der Waals surface area contributed by atoms with E-state index in [4.69, 9.17) is 4.98 Å². The minimum Gasteiger partial charge on any atom is -0.309 e. The fourth-order valence-corrected chi connectivity index (χ4v) is 4.80. The van der Waals surface area contributed by atoms with Crippen molar-refractivity contribution in [2.45, 2.75) is 20.3 Å². The maximum absolute atomic E-state index is 13.6. The van der Waals surface area contributed by atoms with Crippen LogP contribution >= 0.6 is 11.3 Å². The minimum atomic E-state index is -0.00296. The molecule has 0 N–H and O–H groups in total. The smallest absolute Gasteiger partial charge is 0.260 e. The van der Waals surface area contributed by atoms with Gasteiger partial charge in [0.2, 0.25) is 0 Å². The molecular formula is C27H29N3OS. The second kappa shape index (κ2) is 9.63. The van der Waals surface area contributed by atoms with Crippen molar-refractivity contribution in [2.75, 3.05) is 32.1 Å². The van der Waals surface area contributed by atoms with Gasteiger partial charge in [0.05, 0.1) is 10.2 Å². The van der Waals surface area contributed by atoms with Crippen LogP contribution in [0.5, 0.6) is 0 Å². The third-order valence-electron chi connectivity index (χ3n) is 5.78. The summed E-state index contributed by atoms with van der Waals surface area (Å²) in [6.07, 6.45) is 0.884. The van der Waals surface area contributed by atoms with Crippen LogP contribution in [0.1, 0.15) is 27.9 Å². The molecule has 0 aliphatic heterocycles. The summed E-state index contributed by atoms with van der Waals surface area (Å²) < 4.78 is 1.12. The van der Waals surface area contributed by atoms with Crippen LogP contribution in [0.15, 0.2) is 66.7 Å². The first-order chi connectivity index (χ1) is 15.4. The molecule has 0 unspecified atom stereocenters. The van der Waals surface area contributed by atoms with E-state index in [0.717, 1.165) is 39.4 Å². The highest BCUT2D eigenvalue weighted by molar-refractivity contribution is 7.22. The molecule has 0 saturated heterocycles. The Balaban J connectivity index is 1.65. The first-order valence-corrected chi connectivity index (χ1v) is 11.7. The van der Waals surface area contributed by atoms with Crippen molar-refractivity contribution in [3.8, 4) is 11.1 Å². The summed E-state index contributed by atoms with van der Waals surface area (Å²) >= 11 is 1.59. The maximum Gasteiger partial charge on any atom is 0.260 e. The summed E-state index contributed by atoms with van der Waals surface area (Å²) in [6.45, 7) is 5.75. The summed E-state index contributed by atoms with van der Waals surface area (Å²) in [7, 11) is 4.11. The van der Waals surface area contributed by atoms with Crippen molar-refractivity contribution in [3.05, 3.63) is 83.4 Å². The fraction of sp³-hybridized carbons (Fsp3) is 0.259. The zero-order valence-electron chi connectivity index (χ0n) is 19.1. The molecule has 0 radical (unpaired) electrons. The van der Waals surface area contributed by atoms with E-state index < -0.39 is 0 Å². The van der Waals surface area contributed by atoms with Crippen molar-refractivity contribution in [3.63, 3.8) is 0 Å². The summed E-state index contributed by atoms with van der Waals surface area (Å²) in [6, 6.07) is 22.3. The molecule has 0 aliphatic carbocycles. The molecule has 0 spiro atoms. The third-order valence-corrected chi connectivity index (χ3v) is 6.82. The van der Waals surface area contributed by atoms with Gasteiger partial charge in [-0.15, -0.1) is 0 Å². The minimum absolute atomic E-state index is 0.00296. The lowest BCUT2D eigenvalue weighted by Crippen LogP contribution is -2.33. The third kappa shape index (κ3) is 4.74. The first kappa shape index (κ1) is 22.2. The zero-order valence-corrected chi connectivity index (χ0v) is 19.9. The summed E-state index contributed by atoms with van der Waals surface area (Å²) in [5.41, 5.74) is 6.32. The Morgan fingerprint density at radius 3 is 2.25 bits per heavy atom. The van der Waals surface area contributed by atoms with Crippen LogP contribution in [-0.4, -0.2) is 43.0 Å². The Bertz CT molecular complexity index is 1210. The number of hydrogen-bond acceptors (Lipinski definition) is 4. The van der Waals surface area contributed by atoms with Gasteiger partial charge in [-0.3, -0.25) is 9.69 Å². The predicted molar refractivity (Wildman–Crippen MR) is 136 cm³/mol.